The highest BCUT2D eigenvalue weighted by molar-refractivity contribution is 6.25. The summed E-state index contributed by atoms with van der Waals surface area (Å²) in [5.41, 5.74) is 12.2. The average molecular weight is 783 g/mol. The summed E-state index contributed by atoms with van der Waals surface area (Å²) >= 11 is 0. The summed E-state index contributed by atoms with van der Waals surface area (Å²) in [5, 5.41) is 6.86. The summed E-state index contributed by atoms with van der Waals surface area (Å²) < 4.78 is 9.40. The predicted octanol–water partition coefficient (Wildman–Crippen LogP) is 14.3. The molecule has 9 aromatic carbocycles. The van der Waals surface area contributed by atoms with E-state index in [1.807, 2.05) is 48.5 Å². The minimum Gasteiger partial charge on any atom is -0.454 e. The Hall–Kier alpha value is -8.15. The molecule has 0 aliphatic rings. The van der Waals surface area contributed by atoms with Gasteiger partial charge in [0.2, 0.25) is 0 Å². The summed E-state index contributed by atoms with van der Waals surface area (Å²) in [4.78, 5) is 14.4. The molecule has 0 bridgehead atoms. The zero-order chi connectivity index (χ0) is 40.7. The van der Waals surface area contributed by atoms with E-state index in [4.69, 9.17) is 14.4 Å². The SMILES string of the molecule is C=N/C(=N\C(=N/Cc1ccccc1)c1ccc2c(c1)oc1c(-n3c4ccc(-c5ccccc5)cc4c4c5ccccc5c(-c5ccccc5)cc43)cccc12)c1ccccc1. The summed E-state index contributed by atoms with van der Waals surface area (Å²) in [7, 11) is 0. The third kappa shape index (κ3) is 6.40. The molecule has 2 heterocycles. The van der Waals surface area contributed by atoms with Crippen LogP contribution in [0.4, 0.5) is 0 Å². The lowest BCUT2D eigenvalue weighted by atomic mass is 9.94. The highest BCUT2D eigenvalue weighted by Gasteiger charge is 2.22. The van der Waals surface area contributed by atoms with Crippen molar-refractivity contribution in [3.05, 3.63) is 223 Å². The molecule has 0 amide bonds. The maximum atomic E-state index is 7.01. The van der Waals surface area contributed by atoms with Gasteiger partial charge in [-0.25, -0.2) is 9.98 Å². The number of benzene rings is 9. The van der Waals surface area contributed by atoms with Crippen LogP contribution >= 0.6 is 0 Å². The summed E-state index contributed by atoms with van der Waals surface area (Å²) in [6, 6.07) is 72.1. The molecule has 0 radical (unpaired) electrons. The second kappa shape index (κ2) is 15.2. The van der Waals surface area contributed by atoms with Crippen LogP contribution in [0.25, 0.3) is 82.5 Å². The van der Waals surface area contributed by atoms with E-state index in [9.17, 15) is 0 Å². The molecule has 288 valence electrons. The fourth-order valence-corrected chi connectivity index (χ4v) is 8.73. The van der Waals surface area contributed by atoms with Crippen LogP contribution in [-0.4, -0.2) is 23.0 Å². The van der Waals surface area contributed by atoms with Crippen LogP contribution in [0.15, 0.2) is 226 Å². The molecule has 11 aromatic rings. The van der Waals surface area contributed by atoms with Gasteiger partial charge in [-0.2, -0.15) is 0 Å². The number of hydrogen-bond donors (Lipinski definition) is 0. The number of rotatable bonds is 7. The smallest absolute Gasteiger partial charge is 0.161 e. The average Bonchev–Trinajstić information content (AvgIpc) is 3.87. The fraction of sp³-hybridized carbons (Fsp3) is 0.0179. The van der Waals surface area contributed by atoms with Crippen molar-refractivity contribution in [2.45, 2.75) is 6.54 Å². The molecule has 0 spiro atoms. The Balaban J connectivity index is 1.14. The van der Waals surface area contributed by atoms with E-state index in [1.165, 1.54) is 43.8 Å². The summed E-state index contributed by atoms with van der Waals surface area (Å²) in [5.74, 6) is 1.05. The van der Waals surface area contributed by atoms with Crippen LogP contribution in [0.3, 0.4) is 0 Å². The van der Waals surface area contributed by atoms with E-state index in [-0.39, 0.29) is 0 Å². The first-order valence-electron chi connectivity index (χ1n) is 20.5. The van der Waals surface area contributed by atoms with Gasteiger partial charge in [0.15, 0.2) is 17.3 Å². The van der Waals surface area contributed by atoms with Gasteiger partial charge in [0, 0.05) is 32.7 Å². The first-order chi connectivity index (χ1) is 30.2. The Morgan fingerprint density at radius 2 is 1.15 bits per heavy atom. The molecule has 61 heavy (non-hydrogen) atoms. The molecule has 0 unspecified atom stereocenters. The number of furan rings is 1. The number of nitrogens with zero attached hydrogens (tertiary/aromatic N) is 4. The van der Waals surface area contributed by atoms with Crippen LogP contribution in [0.5, 0.6) is 0 Å². The number of hydrogen-bond acceptors (Lipinski definition) is 2. The molecule has 0 atom stereocenters. The molecular formula is C56H38N4O. The highest BCUT2D eigenvalue weighted by Crippen LogP contribution is 2.44. The molecule has 5 nitrogen and oxygen atoms in total. The number of aliphatic imine (C=N–C) groups is 3. The lowest BCUT2D eigenvalue weighted by Gasteiger charge is -2.12. The molecule has 0 fully saturated rings. The van der Waals surface area contributed by atoms with Crippen LogP contribution in [0, 0.1) is 0 Å². The fourth-order valence-electron chi connectivity index (χ4n) is 8.73. The molecule has 0 saturated carbocycles. The maximum Gasteiger partial charge on any atom is 0.161 e. The van der Waals surface area contributed by atoms with Gasteiger partial charge in [-0.1, -0.05) is 170 Å². The second-order valence-electron chi connectivity index (χ2n) is 15.2. The molecular weight excluding hydrogens is 745 g/mol. The van der Waals surface area contributed by atoms with E-state index < -0.39 is 0 Å². The van der Waals surface area contributed by atoms with Gasteiger partial charge in [0.25, 0.3) is 0 Å². The van der Waals surface area contributed by atoms with Gasteiger partial charge in [-0.05, 0) is 81.7 Å². The molecule has 0 saturated heterocycles. The van der Waals surface area contributed by atoms with Gasteiger partial charge < -0.3 is 8.98 Å². The van der Waals surface area contributed by atoms with Gasteiger partial charge >= 0.3 is 0 Å². The van der Waals surface area contributed by atoms with E-state index >= 15 is 0 Å². The van der Waals surface area contributed by atoms with Gasteiger partial charge in [0.05, 0.1) is 23.3 Å². The number of amidine groups is 2. The lowest BCUT2D eigenvalue weighted by Crippen LogP contribution is -2.05. The second-order valence-corrected chi connectivity index (χ2v) is 15.2. The normalized spacial score (nSPS) is 12.3. The maximum absolute atomic E-state index is 7.01. The number of fused-ring (bicyclic) bond motifs is 8. The van der Waals surface area contributed by atoms with Crippen molar-refractivity contribution in [1.29, 1.82) is 0 Å². The van der Waals surface area contributed by atoms with Crippen LogP contribution < -0.4 is 0 Å². The minimum atomic E-state index is 0.459. The van der Waals surface area contributed by atoms with E-state index in [0.29, 0.717) is 18.2 Å². The lowest BCUT2D eigenvalue weighted by molar-refractivity contribution is 0.666. The summed E-state index contributed by atoms with van der Waals surface area (Å²) in [6.45, 7) is 4.32. The quantitative estimate of drug-likeness (QED) is 0.117. The van der Waals surface area contributed by atoms with Crippen LogP contribution in [0.2, 0.25) is 0 Å². The first-order valence-corrected chi connectivity index (χ1v) is 20.5. The topological polar surface area (TPSA) is 55.1 Å². The zero-order valence-corrected chi connectivity index (χ0v) is 33.2. The molecule has 0 aliphatic carbocycles. The van der Waals surface area contributed by atoms with E-state index in [0.717, 1.165) is 55.3 Å². The van der Waals surface area contributed by atoms with Gasteiger partial charge in [-0.15, -0.1) is 0 Å². The van der Waals surface area contributed by atoms with Crippen molar-refractivity contribution >= 4 is 72.9 Å². The third-order valence-electron chi connectivity index (χ3n) is 11.6. The van der Waals surface area contributed by atoms with E-state index in [2.05, 4.69) is 174 Å². The zero-order valence-electron chi connectivity index (χ0n) is 33.2. The molecule has 5 heteroatoms. The number of para-hydroxylation sites is 1. The third-order valence-corrected chi connectivity index (χ3v) is 11.6. The van der Waals surface area contributed by atoms with Crippen molar-refractivity contribution in [3.63, 3.8) is 0 Å². The standard InChI is InChI=1S/C56H38N4O/c1-57-55(40-23-12-5-13-24-40)59-56(58-36-37-17-6-2-7-18-37)42-29-31-44-46-27-16-28-50(54(46)61-52(44)34-42)60-49-32-30-41(38-19-8-3-9-20-38)33-48(49)53-45-26-15-14-25-43(45)47(35-51(53)60)39-21-10-4-11-22-39/h2-35H,1,36H2/b58-56-,59-55-. The molecule has 2 aromatic heterocycles. The van der Waals surface area contributed by atoms with E-state index in [1.54, 1.807) is 0 Å². The predicted molar refractivity (Wildman–Crippen MR) is 256 cm³/mol. The monoisotopic (exact) mass is 782 g/mol. The van der Waals surface area contributed by atoms with Crippen molar-refractivity contribution in [2.75, 3.05) is 0 Å². The Morgan fingerprint density at radius 3 is 1.90 bits per heavy atom. The van der Waals surface area contributed by atoms with Crippen molar-refractivity contribution in [2.24, 2.45) is 15.0 Å². The number of aromatic nitrogens is 1. The Morgan fingerprint density at radius 1 is 0.475 bits per heavy atom. The Labute approximate surface area is 352 Å². The van der Waals surface area contributed by atoms with Crippen LogP contribution in [-0.2, 0) is 6.54 Å². The van der Waals surface area contributed by atoms with Crippen molar-refractivity contribution in [3.8, 4) is 27.9 Å². The first kappa shape index (κ1) is 36.0. The molecule has 0 aliphatic heterocycles. The minimum absolute atomic E-state index is 0.459. The van der Waals surface area contributed by atoms with Gasteiger partial charge in [0.1, 0.15) is 5.58 Å². The Bertz CT molecular complexity index is 3490. The van der Waals surface area contributed by atoms with Crippen molar-refractivity contribution in [1.82, 2.24) is 4.57 Å². The highest BCUT2D eigenvalue weighted by atomic mass is 16.3. The largest absolute Gasteiger partial charge is 0.454 e. The van der Waals surface area contributed by atoms with Crippen LogP contribution in [0.1, 0.15) is 16.7 Å². The Kier molecular flexibility index (Phi) is 8.98. The van der Waals surface area contributed by atoms with Crippen molar-refractivity contribution < 1.29 is 4.42 Å². The molecule has 0 N–H and O–H groups in total. The van der Waals surface area contributed by atoms with Gasteiger partial charge in [-0.3, -0.25) is 4.99 Å². The molecule has 11 rings (SSSR count). The summed E-state index contributed by atoms with van der Waals surface area (Å²) in [6.07, 6.45) is 0.